The predicted molar refractivity (Wildman–Crippen MR) is 56.3 cm³/mol. The minimum Gasteiger partial charge on any atom is -0.479 e. The molecule has 2 atom stereocenters. The normalized spacial score (nSPS) is 24.6. The monoisotopic (exact) mass is 247 g/mol. The number of carboxylic acid groups (broad SMARTS) is 1. The van der Waals surface area contributed by atoms with E-state index in [4.69, 9.17) is 20.1 Å². The van der Waals surface area contributed by atoms with E-state index in [1.54, 1.807) is 0 Å². The number of aliphatic carboxylic acids is 1. The zero-order chi connectivity index (χ0) is 13.1. The number of rotatable bonds is 5. The summed E-state index contributed by atoms with van der Waals surface area (Å²) in [7, 11) is 0. The quantitative estimate of drug-likeness (QED) is 0.469. The average molecular weight is 247 g/mol. The molecule has 1 rings (SSSR count). The number of hydrogen-bond acceptors (Lipinski definition) is 5. The van der Waals surface area contributed by atoms with E-state index in [9.17, 15) is 9.59 Å². The molecule has 1 aliphatic rings. The molecular formula is C10H17NO6. The van der Waals surface area contributed by atoms with E-state index in [1.807, 2.05) is 0 Å². The maximum absolute atomic E-state index is 11.7. The Morgan fingerprint density at radius 3 is 2.24 bits per heavy atom. The van der Waals surface area contributed by atoms with E-state index < -0.39 is 42.8 Å². The first-order valence-corrected chi connectivity index (χ1v) is 5.34. The number of ether oxygens (including phenoxy) is 1. The van der Waals surface area contributed by atoms with Crippen LogP contribution in [0, 0.1) is 0 Å². The maximum Gasteiger partial charge on any atom is 0.332 e. The van der Waals surface area contributed by atoms with E-state index in [-0.39, 0.29) is 6.42 Å². The lowest BCUT2D eigenvalue weighted by molar-refractivity contribution is -0.152. The van der Waals surface area contributed by atoms with Crippen molar-refractivity contribution in [2.45, 2.75) is 37.5 Å². The molecule has 0 aromatic heterocycles. The first-order chi connectivity index (χ1) is 7.91. The summed E-state index contributed by atoms with van der Waals surface area (Å²) in [5, 5.41) is 29.2. The third-order valence-corrected chi connectivity index (χ3v) is 2.71. The van der Waals surface area contributed by atoms with Crippen molar-refractivity contribution < 1.29 is 29.6 Å². The molecule has 1 heterocycles. The van der Waals surface area contributed by atoms with E-state index in [2.05, 4.69) is 5.32 Å². The summed E-state index contributed by atoms with van der Waals surface area (Å²) in [6.07, 6.45) is -1.20. The van der Waals surface area contributed by atoms with Crippen molar-refractivity contribution in [1.82, 2.24) is 5.32 Å². The summed E-state index contributed by atoms with van der Waals surface area (Å²) in [6.45, 7) is 0.656. The Hall–Kier alpha value is -1.18. The van der Waals surface area contributed by atoms with Crippen molar-refractivity contribution in [3.8, 4) is 0 Å². The van der Waals surface area contributed by atoms with Gasteiger partial charge < -0.3 is 25.4 Å². The Morgan fingerprint density at radius 1 is 1.29 bits per heavy atom. The highest BCUT2D eigenvalue weighted by atomic mass is 16.5. The lowest BCUT2D eigenvalue weighted by Gasteiger charge is -2.27. The molecule has 0 spiro atoms. The van der Waals surface area contributed by atoms with Crippen molar-refractivity contribution in [3.63, 3.8) is 0 Å². The van der Waals surface area contributed by atoms with Crippen molar-refractivity contribution in [1.29, 1.82) is 0 Å². The van der Waals surface area contributed by atoms with Crippen LogP contribution in [0.15, 0.2) is 0 Å². The highest BCUT2D eigenvalue weighted by Gasteiger charge is 2.37. The fraction of sp³-hybridized carbons (Fsp3) is 0.800. The Kier molecular flexibility index (Phi) is 4.44. The van der Waals surface area contributed by atoms with Gasteiger partial charge in [-0.1, -0.05) is 0 Å². The van der Waals surface area contributed by atoms with Gasteiger partial charge in [0.25, 0.3) is 0 Å². The van der Waals surface area contributed by atoms with Gasteiger partial charge in [0.15, 0.2) is 6.10 Å². The molecule has 7 nitrogen and oxygen atoms in total. The van der Waals surface area contributed by atoms with Gasteiger partial charge in [-0.25, -0.2) is 4.79 Å². The molecule has 0 aromatic carbocycles. The fourth-order valence-corrected chi connectivity index (χ4v) is 1.52. The van der Waals surface area contributed by atoms with Gasteiger partial charge in [-0.2, -0.15) is 0 Å². The van der Waals surface area contributed by atoms with Crippen molar-refractivity contribution in [2.75, 3.05) is 13.2 Å². The summed E-state index contributed by atoms with van der Waals surface area (Å²) in [5.74, 6) is -1.60. The molecule has 1 aliphatic heterocycles. The summed E-state index contributed by atoms with van der Waals surface area (Å²) in [6, 6.07) is 0. The second-order valence-corrected chi connectivity index (χ2v) is 4.40. The molecule has 7 heteroatoms. The highest BCUT2D eigenvalue weighted by molar-refractivity contribution is 5.83. The second-order valence-electron chi connectivity index (χ2n) is 4.40. The van der Waals surface area contributed by atoms with Gasteiger partial charge in [0.1, 0.15) is 6.10 Å². The third-order valence-electron chi connectivity index (χ3n) is 2.71. The lowest BCUT2D eigenvalue weighted by Crippen LogP contribution is -2.54. The minimum absolute atomic E-state index is 0.280. The molecule has 4 N–H and O–H groups in total. The molecule has 1 amide bonds. The summed E-state index contributed by atoms with van der Waals surface area (Å²) in [4.78, 5) is 22.3. The molecule has 0 bridgehead atoms. The number of nitrogens with one attached hydrogen (secondary N) is 1. The maximum atomic E-state index is 11.7. The highest BCUT2D eigenvalue weighted by Crippen LogP contribution is 2.20. The number of aliphatic hydroxyl groups excluding tert-OH is 2. The van der Waals surface area contributed by atoms with Crippen LogP contribution < -0.4 is 5.32 Å². The van der Waals surface area contributed by atoms with Crippen LogP contribution in [-0.4, -0.2) is 58.2 Å². The van der Waals surface area contributed by atoms with Gasteiger partial charge in [-0.15, -0.1) is 0 Å². The fourth-order valence-electron chi connectivity index (χ4n) is 1.52. The van der Waals surface area contributed by atoms with Crippen LogP contribution in [0.3, 0.4) is 0 Å². The zero-order valence-corrected chi connectivity index (χ0v) is 9.55. The molecule has 0 unspecified atom stereocenters. The first kappa shape index (κ1) is 13.9. The summed E-state index contributed by atoms with van der Waals surface area (Å²) >= 11 is 0. The molecule has 98 valence electrons. The van der Waals surface area contributed by atoms with Crippen LogP contribution in [0.1, 0.15) is 19.8 Å². The number of carbonyl (C=O) groups is 2. The van der Waals surface area contributed by atoms with Gasteiger partial charge >= 0.3 is 5.97 Å². The molecule has 0 aromatic rings. The molecule has 0 radical (unpaired) electrons. The van der Waals surface area contributed by atoms with Crippen molar-refractivity contribution in [3.05, 3.63) is 0 Å². The van der Waals surface area contributed by atoms with Gasteiger partial charge in [0, 0.05) is 0 Å². The Labute approximate surface area is 98.4 Å². The number of aliphatic hydroxyl groups is 2. The third kappa shape index (κ3) is 3.39. The van der Waals surface area contributed by atoms with Crippen LogP contribution in [0.2, 0.25) is 0 Å². The van der Waals surface area contributed by atoms with Gasteiger partial charge in [0.05, 0.1) is 18.8 Å². The molecule has 1 saturated heterocycles. The smallest absolute Gasteiger partial charge is 0.332 e. The van der Waals surface area contributed by atoms with Gasteiger partial charge in [-0.3, -0.25) is 4.79 Å². The molecular weight excluding hydrogens is 230 g/mol. The number of carboxylic acids is 1. The summed E-state index contributed by atoms with van der Waals surface area (Å²) in [5.41, 5.74) is -1.12. The largest absolute Gasteiger partial charge is 0.479 e. The Balaban J connectivity index is 2.52. The van der Waals surface area contributed by atoms with E-state index in [1.165, 1.54) is 6.92 Å². The Bertz CT molecular complexity index is 301. The standard InChI is InChI=1S/C10H17NO6/c1-10(4-12,5-13)11-8(14)6-2-3-7(17-6)9(15)16/h6-7,12-13H,2-5H2,1H3,(H,11,14)(H,15,16)/t6-,7+/m0/s1. The van der Waals surface area contributed by atoms with E-state index in [0.29, 0.717) is 6.42 Å². The lowest BCUT2D eigenvalue weighted by atomic mass is 10.0. The van der Waals surface area contributed by atoms with Gasteiger partial charge in [-0.05, 0) is 19.8 Å². The first-order valence-electron chi connectivity index (χ1n) is 5.34. The van der Waals surface area contributed by atoms with E-state index in [0.717, 1.165) is 0 Å². The van der Waals surface area contributed by atoms with Crippen LogP contribution in [0.4, 0.5) is 0 Å². The van der Waals surface area contributed by atoms with Crippen LogP contribution in [-0.2, 0) is 14.3 Å². The summed E-state index contributed by atoms with van der Waals surface area (Å²) < 4.78 is 5.04. The molecule has 0 saturated carbocycles. The Morgan fingerprint density at radius 2 is 1.82 bits per heavy atom. The van der Waals surface area contributed by atoms with Crippen LogP contribution in [0.25, 0.3) is 0 Å². The number of hydrogen-bond donors (Lipinski definition) is 4. The number of carbonyl (C=O) groups excluding carboxylic acids is 1. The van der Waals surface area contributed by atoms with Gasteiger partial charge in [0.2, 0.25) is 5.91 Å². The minimum atomic E-state index is -1.12. The van der Waals surface area contributed by atoms with Crippen molar-refractivity contribution >= 4 is 11.9 Å². The molecule has 17 heavy (non-hydrogen) atoms. The van der Waals surface area contributed by atoms with Crippen LogP contribution in [0.5, 0.6) is 0 Å². The van der Waals surface area contributed by atoms with Crippen LogP contribution >= 0.6 is 0 Å². The topological polar surface area (TPSA) is 116 Å². The SMILES string of the molecule is CC(CO)(CO)NC(=O)[C@@H]1CC[C@H](C(=O)O)O1. The second kappa shape index (κ2) is 5.44. The average Bonchev–Trinajstić information content (AvgIpc) is 2.78. The molecule has 0 aliphatic carbocycles. The predicted octanol–water partition coefficient (Wildman–Crippen LogP) is -1.52. The van der Waals surface area contributed by atoms with E-state index >= 15 is 0 Å². The number of amides is 1. The molecule has 1 fully saturated rings. The zero-order valence-electron chi connectivity index (χ0n) is 9.55. The van der Waals surface area contributed by atoms with Crippen molar-refractivity contribution in [2.24, 2.45) is 0 Å².